The number of carboxylic acid groups (broad SMARTS) is 1. The third-order valence-corrected chi connectivity index (χ3v) is 3.16. The van der Waals surface area contributed by atoms with Gasteiger partial charge in [-0.25, -0.2) is 9.59 Å². The molecule has 0 saturated heterocycles. The van der Waals surface area contributed by atoms with Crippen molar-refractivity contribution in [1.82, 2.24) is 0 Å². The van der Waals surface area contributed by atoms with E-state index in [4.69, 9.17) is 10.8 Å². The highest BCUT2D eigenvalue weighted by atomic mass is 32.1. The van der Waals surface area contributed by atoms with Crippen molar-refractivity contribution in [3.8, 4) is 0 Å². The lowest BCUT2D eigenvalue weighted by atomic mass is 10.2. The summed E-state index contributed by atoms with van der Waals surface area (Å²) in [6.07, 6.45) is 0. The minimum atomic E-state index is -1.18. The van der Waals surface area contributed by atoms with E-state index in [1.54, 1.807) is 18.2 Å². The molecule has 1 aromatic carbocycles. The molecule has 0 fully saturated rings. The van der Waals surface area contributed by atoms with E-state index in [9.17, 15) is 9.59 Å². The van der Waals surface area contributed by atoms with Gasteiger partial charge in [0.25, 0.3) is 0 Å². The van der Waals surface area contributed by atoms with Gasteiger partial charge >= 0.3 is 11.9 Å². The summed E-state index contributed by atoms with van der Waals surface area (Å²) in [5.41, 5.74) is 6.23. The van der Waals surface area contributed by atoms with E-state index in [-0.39, 0.29) is 0 Å². The molecular weight excluding hydrogens is 242 g/mol. The van der Waals surface area contributed by atoms with Crippen LogP contribution >= 0.6 is 11.3 Å². The van der Waals surface area contributed by atoms with Gasteiger partial charge < -0.3 is 15.6 Å². The second-order valence-electron chi connectivity index (χ2n) is 3.38. The van der Waals surface area contributed by atoms with E-state index < -0.39 is 18.5 Å². The molecule has 0 unspecified atom stereocenters. The number of aliphatic carboxylic acids is 1. The minimum absolute atomic E-state index is 0.367. The summed E-state index contributed by atoms with van der Waals surface area (Å²) in [5.74, 6) is -1.81. The summed E-state index contributed by atoms with van der Waals surface area (Å²) in [4.78, 5) is 22.1. The van der Waals surface area contributed by atoms with Crippen LogP contribution in [0.4, 0.5) is 5.69 Å². The van der Waals surface area contributed by atoms with Crippen LogP contribution in [0.15, 0.2) is 24.3 Å². The van der Waals surface area contributed by atoms with E-state index >= 15 is 0 Å². The van der Waals surface area contributed by atoms with Crippen molar-refractivity contribution in [1.29, 1.82) is 0 Å². The number of nitrogen functional groups attached to an aromatic ring is 1. The fourth-order valence-electron chi connectivity index (χ4n) is 1.36. The maximum atomic E-state index is 11.5. The molecule has 6 heteroatoms. The maximum Gasteiger partial charge on any atom is 0.348 e. The number of thiophene rings is 1. The van der Waals surface area contributed by atoms with Crippen molar-refractivity contribution < 1.29 is 19.4 Å². The van der Waals surface area contributed by atoms with Crippen molar-refractivity contribution >= 4 is 39.0 Å². The lowest BCUT2D eigenvalue weighted by molar-refractivity contribution is -0.140. The van der Waals surface area contributed by atoms with Crippen LogP contribution in [0, 0.1) is 0 Å². The molecule has 1 aromatic heterocycles. The topological polar surface area (TPSA) is 89.6 Å². The van der Waals surface area contributed by atoms with Crippen molar-refractivity contribution in [2.45, 2.75) is 0 Å². The number of esters is 1. The first-order valence-corrected chi connectivity index (χ1v) is 5.56. The van der Waals surface area contributed by atoms with Gasteiger partial charge in [0.1, 0.15) is 4.88 Å². The number of ether oxygens (including phenoxy) is 1. The molecule has 5 nitrogen and oxygen atoms in total. The van der Waals surface area contributed by atoms with Gasteiger partial charge in [0, 0.05) is 10.4 Å². The number of carbonyl (C=O) groups excluding carboxylic acids is 1. The average Bonchev–Trinajstić information content (AvgIpc) is 2.68. The van der Waals surface area contributed by atoms with Crippen LogP contribution in [0.3, 0.4) is 0 Å². The van der Waals surface area contributed by atoms with Crippen LogP contribution in [0.1, 0.15) is 9.67 Å². The van der Waals surface area contributed by atoms with Crippen LogP contribution in [0.2, 0.25) is 0 Å². The van der Waals surface area contributed by atoms with Crippen molar-refractivity contribution in [2.75, 3.05) is 12.3 Å². The molecular formula is C11H9NO4S. The first kappa shape index (κ1) is 11.4. The number of carbonyl (C=O) groups is 2. The molecule has 0 amide bonds. The summed E-state index contributed by atoms with van der Waals surface area (Å²) < 4.78 is 5.49. The van der Waals surface area contributed by atoms with Crippen molar-refractivity contribution in [3.63, 3.8) is 0 Å². The van der Waals surface area contributed by atoms with E-state index in [1.807, 2.05) is 6.07 Å². The molecule has 3 N–H and O–H groups in total. The SMILES string of the molecule is Nc1ccc2sc(C(=O)OCC(=O)O)cc2c1. The first-order chi connectivity index (χ1) is 8.06. The molecule has 2 rings (SSSR count). The zero-order valence-corrected chi connectivity index (χ0v) is 9.49. The number of benzene rings is 1. The molecule has 0 atom stereocenters. The lowest BCUT2D eigenvalue weighted by Gasteiger charge is -1.97. The molecule has 0 saturated carbocycles. The molecule has 0 aliphatic carbocycles. The predicted octanol–water partition coefficient (Wildman–Crippen LogP) is 1.72. The molecule has 0 spiro atoms. The average molecular weight is 251 g/mol. The highest BCUT2D eigenvalue weighted by Crippen LogP contribution is 2.27. The predicted molar refractivity (Wildman–Crippen MR) is 64.2 cm³/mol. The van der Waals surface area contributed by atoms with Gasteiger partial charge in [-0.1, -0.05) is 0 Å². The zero-order chi connectivity index (χ0) is 12.4. The number of rotatable bonds is 3. The van der Waals surface area contributed by atoms with Gasteiger partial charge in [-0.05, 0) is 29.7 Å². The van der Waals surface area contributed by atoms with E-state index in [0.717, 1.165) is 10.1 Å². The summed E-state index contributed by atoms with van der Waals surface area (Å²) >= 11 is 1.24. The van der Waals surface area contributed by atoms with Crippen molar-refractivity contribution in [2.24, 2.45) is 0 Å². The molecule has 2 aromatic rings. The Labute approximate surface area is 100 Å². The second-order valence-corrected chi connectivity index (χ2v) is 4.46. The van der Waals surface area contributed by atoms with Crippen LogP contribution in [-0.2, 0) is 9.53 Å². The Hall–Kier alpha value is -2.08. The molecule has 0 radical (unpaired) electrons. The summed E-state index contributed by atoms with van der Waals surface area (Å²) in [6, 6.07) is 6.94. The van der Waals surface area contributed by atoms with Gasteiger partial charge in [-0.3, -0.25) is 0 Å². The van der Waals surface area contributed by atoms with Gasteiger partial charge in [-0.2, -0.15) is 0 Å². The zero-order valence-electron chi connectivity index (χ0n) is 8.67. The molecule has 88 valence electrons. The van der Waals surface area contributed by atoms with E-state index in [2.05, 4.69) is 4.74 Å². The molecule has 0 aliphatic heterocycles. The lowest BCUT2D eigenvalue weighted by Crippen LogP contribution is -2.11. The Morgan fingerprint density at radius 1 is 1.35 bits per heavy atom. The number of hydrogen-bond acceptors (Lipinski definition) is 5. The standard InChI is InChI=1S/C11H9NO4S/c12-7-1-2-8-6(3-7)4-9(17-8)11(15)16-5-10(13)14/h1-4H,5,12H2,(H,13,14). The smallest absolute Gasteiger partial charge is 0.348 e. The summed E-state index contributed by atoms with van der Waals surface area (Å²) in [7, 11) is 0. The third kappa shape index (κ3) is 2.54. The fraction of sp³-hybridized carbons (Fsp3) is 0.0909. The monoisotopic (exact) mass is 251 g/mol. The molecule has 1 heterocycles. The molecule has 0 aliphatic rings. The van der Waals surface area contributed by atoms with Crippen LogP contribution in [-0.4, -0.2) is 23.7 Å². The molecule has 0 bridgehead atoms. The van der Waals surface area contributed by atoms with Crippen LogP contribution in [0.25, 0.3) is 10.1 Å². The maximum absolute atomic E-state index is 11.5. The van der Waals surface area contributed by atoms with Gasteiger partial charge in [0.15, 0.2) is 6.61 Å². The fourth-order valence-corrected chi connectivity index (χ4v) is 2.30. The minimum Gasteiger partial charge on any atom is -0.479 e. The normalized spacial score (nSPS) is 10.4. The Morgan fingerprint density at radius 3 is 2.82 bits per heavy atom. The van der Waals surface area contributed by atoms with Gasteiger partial charge in [0.05, 0.1) is 0 Å². The largest absolute Gasteiger partial charge is 0.479 e. The molecule has 17 heavy (non-hydrogen) atoms. The van der Waals surface area contributed by atoms with Crippen LogP contribution in [0.5, 0.6) is 0 Å². The number of anilines is 1. The Morgan fingerprint density at radius 2 is 2.12 bits per heavy atom. The highest BCUT2D eigenvalue weighted by Gasteiger charge is 2.13. The number of nitrogens with two attached hydrogens (primary N) is 1. The Kier molecular flexibility index (Phi) is 2.97. The quantitative estimate of drug-likeness (QED) is 0.640. The van der Waals surface area contributed by atoms with E-state index in [1.165, 1.54) is 11.3 Å². The first-order valence-electron chi connectivity index (χ1n) is 4.74. The third-order valence-electron chi connectivity index (χ3n) is 2.07. The highest BCUT2D eigenvalue weighted by molar-refractivity contribution is 7.20. The second kappa shape index (κ2) is 4.42. The number of hydrogen-bond donors (Lipinski definition) is 2. The van der Waals surface area contributed by atoms with Crippen LogP contribution < -0.4 is 5.73 Å². The van der Waals surface area contributed by atoms with Gasteiger partial charge in [-0.15, -0.1) is 11.3 Å². The number of carboxylic acids is 1. The van der Waals surface area contributed by atoms with E-state index in [0.29, 0.717) is 10.6 Å². The Bertz CT molecular complexity index is 590. The Balaban J connectivity index is 2.24. The van der Waals surface area contributed by atoms with Crippen molar-refractivity contribution in [3.05, 3.63) is 29.1 Å². The summed E-state index contributed by atoms with van der Waals surface area (Å²) in [5, 5.41) is 9.24. The number of fused-ring (bicyclic) bond motifs is 1. The summed E-state index contributed by atoms with van der Waals surface area (Å²) in [6.45, 7) is -0.630. The van der Waals surface area contributed by atoms with Gasteiger partial charge in [0.2, 0.25) is 0 Å².